The van der Waals surface area contributed by atoms with Crippen LogP contribution in [0.25, 0.3) is 0 Å². The molecule has 0 saturated heterocycles. The molecule has 3 aromatic carbocycles. The Labute approximate surface area is 159 Å². The van der Waals surface area contributed by atoms with Gasteiger partial charge in [-0.1, -0.05) is 66.2 Å². The minimum absolute atomic E-state index is 0.634. The molecule has 0 fully saturated rings. The number of thiocarbonyl (C=S) groups is 1. The van der Waals surface area contributed by atoms with Gasteiger partial charge in [0.25, 0.3) is 0 Å². The van der Waals surface area contributed by atoms with E-state index < -0.39 is 0 Å². The molecule has 4 heteroatoms. The summed E-state index contributed by atoms with van der Waals surface area (Å²) in [5.41, 5.74) is 4.16. The van der Waals surface area contributed by atoms with Crippen molar-refractivity contribution in [2.24, 2.45) is 0 Å². The molecule has 126 valence electrons. The molecule has 1 N–H and O–H groups in total. The molecule has 0 saturated carbocycles. The third-order valence-electron chi connectivity index (χ3n) is 3.92. The quantitative estimate of drug-likeness (QED) is 0.565. The molecule has 0 radical (unpaired) electrons. The van der Waals surface area contributed by atoms with Crippen LogP contribution >= 0.6 is 23.8 Å². The second-order valence-electron chi connectivity index (χ2n) is 5.80. The summed E-state index contributed by atoms with van der Waals surface area (Å²) in [4.78, 5) is 2.08. The molecule has 0 unspecified atom stereocenters. The molecular formula is C21H19ClN2S. The van der Waals surface area contributed by atoms with Gasteiger partial charge in [-0.05, 0) is 54.5 Å². The fourth-order valence-electron chi connectivity index (χ4n) is 2.52. The van der Waals surface area contributed by atoms with Crippen LogP contribution in [0.15, 0.2) is 78.9 Å². The minimum Gasteiger partial charge on any atom is -0.332 e. The number of benzene rings is 3. The first-order valence-corrected chi connectivity index (χ1v) is 8.86. The van der Waals surface area contributed by atoms with Gasteiger partial charge in [-0.15, -0.1) is 0 Å². The van der Waals surface area contributed by atoms with Crippen molar-refractivity contribution in [3.05, 3.63) is 95.0 Å². The highest BCUT2D eigenvalue weighted by Crippen LogP contribution is 2.22. The maximum atomic E-state index is 6.23. The van der Waals surface area contributed by atoms with Gasteiger partial charge in [0.15, 0.2) is 5.11 Å². The topological polar surface area (TPSA) is 15.3 Å². The van der Waals surface area contributed by atoms with Crippen molar-refractivity contribution in [2.45, 2.75) is 13.5 Å². The summed E-state index contributed by atoms with van der Waals surface area (Å²) in [7, 11) is 0. The normalized spacial score (nSPS) is 10.3. The van der Waals surface area contributed by atoms with Crippen LogP contribution in [0.3, 0.4) is 0 Å². The van der Waals surface area contributed by atoms with Gasteiger partial charge in [0, 0.05) is 16.4 Å². The third kappa shape index (κ3) is 4.59. The predicted octanol–water partition coefficient (Wildman–Crippen LogP) is 6.05. The lowest BCUT2D eigenvalue weighted by molar-refractivity contribution is 1.01. The van der Waals surface area contributed by atoms with E-state index in [1.54, 1.807) is 0 Å². The molecule has 0 bridgehead atoms. The Kier molecular flexibility index (Phi) is 5.69. The van der Waals surface area contributed by atoms with E-state index >= 15 is 0 Å². The van der Waals surface area contributed by atoms with Crippen LogP contribution in [0.5, 0.6) is 0 Å². The SMILES string of the molecule is Cc1ccc(NC(=S)N(Cc2ccccc2)c2ccccc2)cc1Cl. The predicted molar refractivity (Wildman–Crippen MR) is 111 cm³/mol. The number of anilines is 2. The van der Waals surface area contributed by atoms with Crippen molar-refractivity contribution in [3.8, 4) is 0 Å². The maximum absolute atomic E-state index is 6.23. The Hall–Kier alpha value is -2.36. The molecular weight excluding hydrogens is 348 g/mol. The Morgan fingerprint density at radius 2 is 1.60 bits per heavy atom. The molecule has 25 heavy (non-hydrogen) atoms. The van der Waals surface area contributed by atoms with Gasteiger partial charge in [0.1, 0.15) is 0 Å². The highest BCUT2D eigenvalue weighted by atomic mass is 35.5. The monoisotopic (exact) mass is 366 g/mol. The largest absolute Gasteiger partial charge is 0.332 e. The summed E-state index contributed by atoms with van der Waals surface area (Å²) < 4.78 is 0. The Bertz CT molecular complexity index is 850. The summed E-state index contributed by atoms with van der Waals surface area (Å²) in [6, 6.07) is 26.3. The van der Waals surface area contributed by atoms with Crippen molar-refractivity contribution >= 4 is 40.3 Å². The van der Waals surface area contributed by atoms with Crippen LogP contribution in [0, 0.1) is 6.92 Å². The van der Waals surface area contributed by atoms with Gasteiger partial charge in [-0.3, -0.25) is 0 Å². The number of aryl methyl sites for hydroxylation is 1. The first kappa shape index (κ1) is 17.5. The van der Waals surface area contributed by atoms with E-state index in [-0.39, 0.29) is 0 Å². The molecule has 0 aliphatic rings. The van der Waals surface area contributed by atoms with Gasteiger partial charge in [0.2, 0.25) is 0 Å². The molecule has 0 aromatic heterocycles. The summed E-state index contributed by atoms with van der Waals surface area (Å²) in [6.07, 6.45) is 0. The molecule has 0 heterocycles. The molecule has 0 spiro atoms. The Morgan fingerprint density at radius 1 is 0.960 bits per heavy atom. The fourth-order valence-corrected chi connectivity index (χ4v) is 2.98. The summed E-state index contributed by atoms with van der Waals surface area (Å²) in [5, 5.41) is 4.66. The minimum atomic E-state index is 0.634. The second-order valence-corrected chi connectivity index (χ2v) is 6.60. The van der Waals surface area contributed by atoms with Crippen LogP contribution in [0.4, 0.5) is 11.4 Å². The van der Waals surface area contributed by atoms with Crippen LogP contribution in [0.1, 0.15) is 11.1 Å². The lowest BCUT2D eigenvalue weighted by Gasteiger charge is -2.26. The van der Waals surface area contributed by atoms with Crippen LogP contribution < -0.4 is 10.2 Å². The van der Waals surface area contributed by atoms with Gasteiger partial charge < -0.3 is 10.2 Å². The van der Waals surface area contributed by atoms with E-state index in [1.165, 1.54) is 5.56 Å². The van der Waals surface area contributed by atoms with Crippen molar-refractivity contribution in [1.82, 2.24) is 0 Å². The number of hydrogen-bond donors (Lipinski definition) is 1. The highest BCUT2D eigenvalue weighted by molar-refractivity contribution is 7.80. The number of halogens is 1. The van der Waals surface area contributed by atoms with E-state index in [4.69, 9.17) is 23.8 Å². The van der Waals surface area contributed by atoms with Gasteiger partial charge in [0.05, 0.1) is 6.54 Å². The number of para-hydroxylation sites is 1. The number of hydrogen-bond acceptors (Lipinski definition) is 1. The van der Waals surface area contributed by atoms with Gasteiger partial charge in [-0.25, -0.2) is 0 Å². The number of rotatable bonds is 4. The van der Waals surface area contributed by atoms with Crippen molar-refractivity contribution in [1.29, 1.82) is 0 Å². The number of nitrogens with one attached hydrogen (secondary N) is 1. The third-order valence-corrected chi connectivity index (χ3v) is 4.65. The zero-order chi connectivity index (χ0) is 17.6. The lowest BCUT2D eigenvalue weighted by atomic mass is 10.2. The van der Waals surface area contributed by atoms with Crippen LogP contribution in [-0.2, 0) is 6.54 Å². The van der Waals surface area contributed by atoms with E-state index in [0.29, 0.717) is 11.7 Å². The number of nitrogens with zero attached hydrogens (tertiary/aromatic N) is 1. The van der Waals surface area contributed by atoms with Crippen molar-refractivity contribution in [2.75, 3.05) is 10.2 Å². The van der Waals surface area contributed by atoms with E-state index in [2.05, 4.69) is 34.5 Å². The van der Waals surface area contributed by atoms with Crippen molar-refractivity contribution in [3.63, 3.8) is 0 Å². The zero-order valence-corrected chi connectivity index (χ0v) is 15.5. The van der Waals surface area contributed by atoms with E-state index in [0.717, 1.165) is 22.0 Å². The molecule has 0 atom stereocenters. The van der Waals surface area contributed by atoms with Gasteiger partial charge in [-0.2, -0.15) is 0 Å². The molecule has 3 rings (SSSR count). The highest BCUT2D eigenvalue weighted by Gasteiger charge is 2.13. The average molecular weight is 367 g/mol. The molecule has 3 aromatic rings. The summed E-state index contributed by atoms with van der Waals surface area (Å²) in [5.74, 6) is 0. The molecule has 2 nitrogen and oxygen atoms in total. The van der Waals surface area contributed by atoms with Crippen LogP contribution in [0.2, 0.25) is 5.02 Å². The Morgan fingerprint density at radius 3 is 2.24 bits per heavy atom. The second kappa shape index (κ2) is 8.15. The molecule has 0 amide bonds. The average Bonchev–Trinajstić information content (AvgIpc) is 2.64. The van der Waals surface area contributed by atoms with E-state index in [1.807, 2.05) is 61.5 Å². The standard InChI is InChI=1S/C21H19ClN2S/c1-16-12-13-18(14-20(16)22)23-21(25)24(19-10-6-3-7-11-19)15-17-8-4-2-5-9-17/h2-14H,15H2,1H3,(H,23,25). The van der Waals surface area contributed by atoms with E-state index in [9.17, 15) is 0 Å². The Balaban J connectivity index is 1.85. The fraction of sp³-hybridized carbons (Fsp3) is 0.0952. The molecule has 0 aliphatic carbocycles. The lowest BCUT2D eigenvalue weighted by Crippen LogP contribution is -2.34. The summed E-state index contributed by atoms with van der Waals surface area (Å²) >= 11 is 11.9. The summed E-state index contributed by atoms with van der Waals surface area (Å²) in [6.45, 7) is 2.67. The van der Waals surface area contributed by atoms with Crippen molar-refractivity contribution < 1.29 is 0 Å². The molecule has 0 aliphatic heterocycles. The first-order chi connectivity index (χ1) is 12.1. The zero-order valence-electron chi connectivity index (χ0n) is 13.9. The maximum Gasteiger partial charge on any atom is 0.178 e. The first-order valence-electron chi connectivity index (χ1n) is 8.07. The smallest absolute Gasteiger partial charge is 0.178 e. The van der Waals surface area contributed by atoms with Crippen LogP contribution in [-0.4, -0.2) is 5.11 Å². The van der Waals surface area contributed by atoms with Gasteiger partial charge >= 0.3 is 0 Å².